The molecule has 0 spiro atoms. The molecule has 0 saturated carbocycles. The summed E-state index contributed by atoms with van der Waals surface area (Å²) in [6, 6.07) is 41.3. The number of nitrogens with zero attached hydrogens (tertiary/aromatic N) is 8. The van der Waals surface area contributed by atoms with Crippen molar-refractivity contribution >= 4 is 89.2 Å². The van der Waals surface area contributed by atoms with Crippen molar-refractivity contribution in [2.75, 3.05) is 0 Å². The summed E-state index contributed by atoms with van der Waals surface area (Å²) < 4.78 is 19.6. The molecular formula is C64H110N8Si8Y2. The van der Waals surface area contributed by atoms with Crippen LogP contribution in [-0.4, -0.2) is 89.2 Å². The Balaban J connectivity index is -0.000000459. The molecule has 0 aliphatic heterocycles. The quantitative estimate of drug-likeness (QED) is 0.0443. The molecule has 4 aromatic carbocycles. The van der Waals surface area contributed by atoms with Gasteiger partial charge in [0.25, 0.3) is 0 Å². The molecule has 0 atom stereocenters. The Hall–Kier alpha value is -2.18. The molecule has 4 rings (SSSR count). The number of benzene rings is 4. The summed E-state index contributed by atoms with van der Waals surface area (Å²) in [6.45, 7) is 65.6. The predicted molar refractivity (Wildman–Crippen MR) is 385 cm³/mol. The van der Waals surface area contributed by atoms with Crippen LogP contribution in [0.3, 0.4) is 0 Å². The van der Waals surface area contributed by atoms with Crippen molar-refractivity contribution in [3.05, 3.63) is 176 Å². The third kappa shape index (κ3) is 54.5. The normalized spacial score (nSPS) is 12.8. The summed E-state index contributed by atoms with van der Waals surface area (Å²) in [7, 11) is -11.9. The monoisotopic (exact) mass is 1390 g/mol. The first kappa shape index (κ1) is 86.3. The van der Waals surface area contributed by atoms with Crippen molar-refractivity contribution in [3.8, 4) is 11.8 Å². The van der Waals surface area contributed by atoms with Gasteiger partial charge >= 0.3 is 65.4 Å². The number of hydrogen-bond donors (Lipinski definition) is 0. The van der Waals surface area contributed by atoms with E-state index in [2.05, 4.69) is 266 Å². The van der Waals surface area contributed by atoms with Crippen LogP contribution in [0.5, 0.6) is 0 Å². The molecule has 0 N–H and O–H groups in total. The molecule has 8 nitrogen and oxygen atoms in total. The van der Waals surface area contributed by atoms with E-state index in [4.69, 9.17) is 51.4 Å². The Bertz CT molecular complexity index is 2240. The average molecular weight is 1390 g/mol. The summed E-state index contributed by atoms with van der Waals surface area (Å²) >= 11 is 0. The van der Waals surface area contributed by atoms with Gasteiger partial charge in [0, 0.05) is 65.9 Å². The fourth-order valence-corrected chi connectivity index (χ4v) is 12.4. The molecule has 0 saturated heterocycles. The zero-order valence-electron chi connectivity index (χ0n) is 57.3. The van der Waals surface area contributed by atoms with E-state index in [1.165, 1.54) is 0 Å². The van der Waals surface area contributed by atoms with Gasteiger partial charge < -0.3 is 63.2 Å². The molecule has 0 aliphatic carbocycles. The van der Waals surface area contributed by atoms with Crippen LogP contribution in [0.15, 0.2) is 140 Å². The van der Waals surface area contributed by atoms with Gasteiger partial charge in [-0.2, -0.15) is 0 Å². The Labute approximate surface area is 564 Å². The van der Waals surface area contributed by atoms with E-state index in [1.54, 1.807) is 0 Å². The molecule has 0 bridgehead atoms. The summed E-state index contributed by atoms with van der Waals surface area (Å²) in [5, 5.41) is 0. The second kappa shape index (κ2) is 38.2. The van der Waals surface area contributed by atoms with Crippen molar-refractivity contribution in [1.82, 2.24) is 0 Å². The smallest absolute Gasteiger partial charge is 0.693 e. The first-order chi connectivity index (χ1) is 35.8. The van der Waals surface area contributed by atoms with E-state index in [0.717, 1.165) is 45.6 Å². The van der Waals surface area contributed by atoms with E-state index in [0.29, 0.717) is 0 Å². The van der Waals surface area contributed by atoms with Gasteiger partial charge in [0.05, 0.1) is 0 Å². The van der Waals surface area contributed by atoms with Crippen molar-refractivity contribution in [3.63, 3.8) is 0 Å². The molecule has 18 heteroatoms. The van der Waals surface area contributed by atoms with Crippen molar-refractivity contribution in [1.29, 1.82) is 0 Å². The van der Waals surface area contributed by atoms with Crippen LogP contribution in [0, 0.1) is 35.5 Å². The summed E-state index contributed by atoms with van der Waals surface area (Å²) in [5.74, 6) is 8.56. The minimum absolute atomic E-state index is 0. The van der Waals surface area contributed by atoms with Crippen LogP contribution in [0.25, 0.3) is 19.9 Å². The fraction of sp³-hybridized carbons (Fsp3) is 0.500. The van der Waals surface area contributed by atoms with Crippen LogP contribution >= 0.6 is 0 Å². The van der Waals surface area contributed by atoms with Crippen molar-refractivity contribution in [2.24, 2.45) is 29.5 Å². The second-order valence-electron chi connectivity index (χ2n) is 29.8. The predicted octanol–water partition coefficient (Wildman–Crippen LogP) is 21.1. The van der Waals surface area contributed by atoms with Crippen LogP contribution in [0.4, 0.5) is 0 Å². The van der Waals surface area contributed by atoms with Crippen LogP contribution in [0.1, 0.15) is 63.8 Å². The average Bonchev–Trinajstić information content (AvgIpc) is 3.26. The van der Waals surface area contributed by atoms with Crippen molar-refractivity contribution in [2.45, 2.75) is 199 Å². The SMILES string of the molecule is C[Si](C)(C)/N=C(/[N-][Si](C)(C)C)c1ccccc1.C[Si](C)(C)/N=C(/[N-][Si](C)(C)C)c1ccccc1.C[Si](C)(C)/N=C(/[N-][Si](C)(C)C)c1ccccc1.C[Si](C)(C)/N=C(/[N-][Si](C)(C)C)c1ccccc1.[C-]#CC(C)(C)C.[C-]#CC(C)(C)C.[Y+3].[Y+3]. The molecule has 0 aromatic heterocycles. The molecule has 0 radical (unpaired) electrons. The first-order valence-corrected chi connectivity index (χ1v) is 55.8. The van der Waals surface area contributed by atoms with E-state index in [1.807, 2.05) is 65.8 Å². The van der Waals surface area contributed by atoms with Gasteiger partial charge in [0.2, 0.25) is 0 Å². The van der Waals surface area contributed by atoms with Gasteiger partial charge in [-0.25, -0.2) is 0 Å². The van der Waals surface area contributed by atoms with E-state index in [-0.39, 0.29) is 76.2 Å². The largest absolute Gasteiger partial charge is 3.00 e. The summed E-state index contributed by atoms with van der Waals surface area (Å²) in [4.78, 5) is 19.6. The third-order valence-electron chi connectivity index (χ3n) is 8.41. The van der Waals surface area contributed by atoms with Crippen molar-refractivity contribution < 1.29 is 65.4 Å². The third-order valence-corrected chi connectivity index (χ3v) is 15.5. The molecule has 4 aromatic rings. The summed E-state index contributed by atoms with van der Waals surface area (Å²) in [5.41, 5.74) is 4.52. The number of rotatable bonds is 12. The molecule has 0 aliphatic rings. The molecule has 0 heterocycles. The van der Waals surface area contributed by atoms with E-state index >= 15 is 0 Å². The maximum Gasteiger partial charge on any atom is 3.00 e. The van der Waals surface area contributed by atoms with Gasteiger partial charge in [0.15, 0.2) is 0 Å². The topological polar surface area (TPSA) is 106 Å². The molecule has 444 valence electrons. The van der Waals surface area contributed by atoms with Gasteiger partial charge in [-0.15, -0.1) is 0 Å². The second-order valence-corrected chi connectivity index (χ2v) is 66.3. The van der Waals surface area contributed by atoms with Gasteiger partial charge in [-0.3, -0.25) is 0 Å². The Morgan fingerprint density at radius 1 is 0.293 bits per heavy atom. The van der Waals surface area contributed by atoms with Gasteiger partial charge in [-0.05, 0) is 33.1 Å². The zero-order chi connectivity index (χ0) is 62.8. The molecule has 0 amide bonds. The number of amidine groups is 4. The molecular weight excluding hydrogens is 1280 g/mol. The first-order valence-electron chi connectivity index (χ1n) is 28.2. The zero-order valence-corrected chi connectivity index (χ0v) is 71.0. The maximum absolute atomic E-state index is 6.60. The van der Waals surface area contributed by atoms with Gasteiger partial charge in [-0.1, -0.05) is 343 Å². The van der Waals surface area contributed by atoms with E-state index < -0.39 is 65.9 Å². The van der Waals surface area contributed by atoms with Crippen LogP contribution in [0.2, 0.25) is 157 Å². The Morgan fingerprint density at radius 3 is 0.500 bits per heavy atom. The molecule has 82 heavy (non-hydrogen) atoms. The minimum atomic E-state index is -1.49. The Morgan fingerprint density at radius 2 is 0.415 bits per heavy atom. The minimum Gasteiger partial charge on any atom is -0.693 e. The molecule has 0 fully saturated rings. The maximum atomic E-state index is 6.60. The standard InChI is InChI=1S/4C13H23N2Si2.2C6H9.2Y/c4*1-16(2,3)14-13(15-17(4,5)6)12-10-8-7-9-11-12;2*1-5-6(2,3)4;;/h4*7-11H,1-6H3;2*2-4H3;;/q6*-1;2*+3. The van der Waals surface area contributed by atoms with E-state index in [9.17, 15) is 0 Å². The van der Waals surface area contributed by atoms with Crippen LogP contribution in [-0.2, 0) is 65.4 Å². The van der Waals surface area contributed by atoms with Crippen LogP contribution < -0.4 is 0 Å². The fourth-order valence-electron chi connectivity index (χ4n) is 5.51. The Kier molecular flexibility index (Phi) is 40.2. The number of hydrogen-bond acceptors (Lipinski definition) is 4. The molecule has 0 unspecified atom stereocenters. The van der Waals surface area contributed by atoms with Gasteiger partial charge in [0.1, 0.15) is 0 Å². The summed E-state index contributed by atoms with van der Waals surface area (Å²) in [6.07, 6.45) is 13.2.